The summed E-state index contributed by atoms with van der Waals surface area (Å²) in [4.78, 5) is 27.4. The number of nitriles is 1. The molecule has 0 atom stereocenters. The fourth-order valence-corrected chi connectivity index (χ4v) is 5.28. The normalized spacial score (nSPS) is 13.0. The molecule has 41 heavy (non-hydrogen) atoms. The summed E-state index contributed by atoms with van der Waals surface area (Å²) in [5.74, 6) is -1.87. The fraction of sp³-hybridized carbons (Fsp3) is 0.385. The maximum atomic E-state index is 12.8. The molecule has 1 heterocycles. The van der Waals surface area contributed by atoms with Crippen LogP contribution in [0.1, 0.15) is 29.5 Å². The molecule has 0 fully saturated rings. The van der Waals surface area contributed by atoms with Gasteiger partial charge in [0.25, 0.3) is 0 Å². The minimum absolute atomic E-state index is 0.00207. The molecule has 0 bridgehead atoms. The largest absolute Gasteiger partial charge is 0.490 e. The monoisotopic (exact) mass is 615 g/mol. The number of carboxylic acid groups (broad SMARTS) is 1. The fourth-order valence-electron chi connectivity index (χ4n) is 3.55. The number of carbonyl (C=O) groups excluding carboxylic acids is 1. The molecule has 2 aromatic rings. The molecule has 0 saturated carbocycles. The molecule has 2 N–H and O–H groups in total. The van der Waals surface area contributed by atoms with Gasteiger partial charge < -0.3 is 15.3 Å². The number of likely N-dealkylation sites (N-methyl/N-ethyl adjacent to an activating group) is 1. The van der Waals surface area contributed by atoms with Crippen LogP contribution in [0.3, 0.4) is 0 Å². The maximum Gasteiger partial charge on any atom is 0.490 e. The molecule has 0 unspecified atom stereocenters. The van der Waals surface area contributed by atoms with Gasteiger partial charge in [-0.15, -0.1) is 0 Å². The van der Waals surface area contributed by atoms with Gasteiger partial charge in [-0.2, -0.15) is 18.4 Å². The second kappa shape index (κ2) is 14.8. The van der Waals surface area contributed by atoms with Gasteiger partial charge in [0.15, 0.2) is 0 Å². The summed E-state index contributed by atoms with van der Waals surface area (Å²) in [6.45, 7) is 2.42. The zero-order valence-electron chi connectivity index (χ0n) is 22.3. The average Bonchev–Trinajstić information content (AvgIpc) is 3.46. The standard InChI is InChI=1S/C24H28ClN5O3S.C2HF3O2/c1-29(15-11-18-5-8-20(9-6-18)24-27-12-13-28-24)23(31)4-3-14-30(2)34(32,33)22-10-7-19(17-26)16-21(22)25;3-2(4,5)1(6)7/h5-10,16H,3-4,11-15H2,1-2H3,(H,27,28);(H,6,7). The predicted molar refractivity (Wildman–Crippen MR) is 146 cm³/mol. The zero-order chi connectivity index (χ0) is 30.8. The van der Waals surface area contributed by atoms with Crippen molar-refractivity contribution in [1.29, 1.82) is 5.26 Å². The third kappa shape index (κ3) is 10.0. The van der Waals surface area contributed by atoms with Crippen LogP contribution in [-0.4, -0.2) is 86.9 Å². The lowest BCUT2D eigenvalue weighted by molar-refractivity contribution is -0.192. The molecule has 1 amide bonds. The van der Waals surface area contributed by atoms with Crippen molar-refractivity contribution in [2.75, 3.05) is 40.3 Å². The number of aliphatic carboxylic acids is 1. The number of carbonyl (C=O) groups is 2. The molecule has 0 aromatic heterocycles. The van der Waals surface area contributed by atoms with Crippen LogP contribution in [-0.2, 0) is 26.0 Å². The lowest BCUT2D eigenvalue weighted by Crippen LogP contribution is -2.31. The van der Waals surface area contributed by atoms with Gasteiger partial charge in [-0.05, 0) is 36.6 Å². The first-order chi connectivity index (χ1) is 19.2. The first kappa shape index (κ1) is 33.5. The molecule has 0 radical (unpaired) electrons. The number of hydrogen-bond acceptors (Lipinski definition) is 7. The maximum absolute atomic E-state index is 12.8. The van der Waals surface area contributed by atoms with Crippen molar-refractivity contribution in [3.05, 3.63) is 64.2 Å². The Morgan fingerprint density at radius 2 is 1.78 bits per heavy atom. The van der Waals surface area contributed by atoms with E-state index in [9.17, 15) is 26.4 Å². The first-order valence-corrected chi connectivity index (χ1v) is 14.1. The van der Waals surface area contributed by atoms with Crippen LogP contribution in [0, 0.1) is 11.3 Å². The summed E-state index contributed by atoms with van der Waals surface area (Å²) in [7, 11) is -0.607. The molecule has 1 aliphatic heterocycles. The van der Waals surface area contributed by atoms with E-state index >= 15 is 0 Å². The van der Waals surface area contributed by atoms with Crippen LogP contribution < -0.4 is 5.32 Å². The highest BCUT2D eigenvalue weighted by Gasteiger charge is 2.38. The Kier molecular flexibility index (Phi) is 12.1. The number of amides is 1. The van der Waals surface area contributed by atoms with E-state index in [0.717, 1.165) is 36.5 Å². The van der Waals surface area contributed by atoms with E-state index in [2.05, 4.69) is 10.3 Å². The number of benzene rings is 2. The molecule has 222 valence electrons. The average molecular weight is 616 g/mol. The molecule has 0 saturated heterocycles. The molecule has 1 aliphatic rings. The van der Waals surface area contributed by atoms with E-state index in [1.165, 1.54) is 29.6 Å². The number of nitrogens with one attached hydrogen (secondary N) is 1. The first-order valence-electron chi connectivity index (χ1n) is 12.2. The van der Waals surface area contributed by atoms with Gasteiger partial charge in [-0.25, -0.2) is 17.5 Å². The van der Waals surface area contributed by atoms with Crippen LogP contribution in [0.2, 0.25) is 5.02 Å². The SMILES string of the molecule is CN(CCc1ccc(C2=NCCN2)cc1)C(=O)CCCN(C)S(=O)(=O)c1ccc(C#N)cc1Cl.O=C(O)C(F)(F)F. The van der Waals surface area contributed by atoms with Crippen molar-refractivity contribution in [2.24, 2.45) is 4.99 Å². The highest BCUT2D eigenvalue weighted by atomic mass is 35.5. The van der Waals surface area contributed by atoms with E-state index in [1.807, 2.05) is 30.3 Å². The Hall–Kier alpha value is -3.67. The van der Waals surface area contributed by atoms with Crippen LogP contribution in [0.15, 0.2) is 52.4 Å². The number of carboxylic acids is 1. The van der Waals surface area contributed by atoms with Crippen LogP contribution in [0.5, 0.6) is 0 Å². The van der Waals surface area contributed by atoms with Crippen LogP contribution >= 0.6 is 11.6 Å². The summed E-state index contributed by atoms with van der Waals surface area (Å²) in [6, 6.07) is 14.2. The number of aliphatic imine (C=N–C) groups is 1. The number of hydrogen-bond donors (Lipinski definition) is 2. The lowest BCUT2D eigenvalue weighted by Gasteiger charge is -2.20. The van der Waals surface area contributed by atoms with Crippen molar-refractivity contribution in [2.45, 2.75) is 30.3 Å². The predicted octanol–water partition coefficient (Wildman–Crippen LogP) is 3.30. The van der Waals surface area contributed by atoms with Gasteiger partial charge in [-0.1, -0.05) is 35.9 Å². The van der Waals surface area contributed by atoms with E-state index in [1.54, 1.807) is 11.9 Å². The molecule has 3 rings (SSSR count). The number of alkyl halides is 3. The topological polar surface area (TPSA) is 143 Å². The number of sulfonamides is 1. The third-order valence-corrected chi connectivity index (χ3v) is 8.26. The lowest BCUT2D eigenvalue weighted by atomic mass is 10.1. The van der Waals surface area contributed by atoms with E-state index in [4.69, 9.17) is 26.8 Å². The van der Waals surface area contributed by atoms with Gasteiger partial charge in [-0.3, -0.25) is 9.79 Å². The molecule has 15 heteroatoms. The van der Waals surface area contributed by atoms with Gasteiger partial charge in [0.1, 0.15) is 10.7 Å². The van der Waals surface area contributed by atoms with Crippen molar-refractivity contribution < 1.29 is 36.3 Å². The second-order valence-electron chi connectivity index (χ2n) is 8.91. The zero-order valence-corrected chi connectivity index (χ0v) is 23.9. The van der Waals surface area contributed by atoms with Crippen molar-refractivity contribution >= 4 is 39.3 Å². The van der Waals surface area contributed by atoms with Gasteiger partial charge >= 0.3 is 12.1 Å². The summed E-state index contributed by atoms with van der Waals surface area (Å²) < 4.78 is 58.5. The van der Waals surface area contributed by atoms with E-state index in [-0.39, 0.29) is 34.4 Å². The van der Waals surface area contributed by atoms with E-state index in [0.29, 0.717) is 13.0 Å². The Morgan fingerprint density at radius 3 is 2.29 bits per heavy atom. The third-order valence-electron chi connectivity index (χ3n) is 5.92. The molecule has 0 spiro atoms. The van der Waals surface area contributed by atoms with Crippen molar-refractivity contribution in [1.82, 2.24) is 14.5 Å². The summed E-state index contributed by atoms with van der Waals surface area (Å²) in [6.07, 6.45) is -3.73. The van der Waals surface area contributed by atoms with Gasteiger partial charge in [0.2, 0.25) is 15.9 Å². The summed E-state index contributed by atoms with van der Waals surface area (Å²) >= 11 is 6.06. The van der Waals surface area contributed by atoms with Crippen LogP contribution in [0.25, 0.3) is 0 Å². The highest BCUT2D eigenvalue weighted by Crippen LogP contribution is 2.25. The molecule has 10 nitrogen and oxygen atoms in total. The summed E-state index contributed by atoms with van der Waals surface area (Å²) in [5, 5.41) is 19.3. The Morgan fingerprint density at radius 1 is 1.15 bits per heavy atom. The van der Waals surface area contributed by atoms with Gasteiger partial charge in [0, 0.05) is 45.7 Å². The number of amidine groups is 1. The molecule has 2 aromatic carbocycles. The Balaban J connectivity index is 0.000000745. The molecular formula is C26H29ClF3N5O5S. The highest BCUT2D eigenvalue weighted by molar-refractivity contribution is 7.89. The van der Waals surface area contributed by atoms with Gasteiger partial charge in [0.05, 0.1) is 23.2 Å². The minimum atomic E-state index is -5.08. The minimum Gasteiger partial charge on any atom is -0.475 e. The Labute approximate surface area is 241 Å². The van der Waals surface area contributed by atoms with E-state index < -0.39 is 22.2 Å². The summed E-state index contributed by atoms with van der Waals surface area (Å²) in [5.41, 5.74) is 2.48. The Bertz CT molecular complexity index is 1410. The second-order valence-corrected chi connectivity index (χ2v) is 11.3. The van der Waals surface area contributed by atoms with Crippen LogP contribution in [0.4, 0.5) is 13.2 Å². The number of rotatable bonds is 10. The smallest absolute Gasteiger partial charge is 0.475 e. The number of nitrogens with zero attached hydrogens (tertiary/aromatic N) is 4. The van der Waals surface area contributed by atoms with Crippen molar-refractivity contribution in [3.8, 4) is 6.07 Å². The quantitative estimate of drug-likeness (QED) is 0.417. The number of halogens is 4. The molecule has 0 aliphatic carbocycles. The van der Waals surface area contributed by atoms with Crippen molar-refractivity contribution in [3.63, 3.8) is 0 Å². The molecular weight excluding hydrogens is 587 g/mol.